The topological polar surface area (TPSA) is 76.4 Å². The van der Waals surface area contributed by atoms with Crippen LogP contribution in [0.3, 0.4) is 0 Å². The Morgan fingerprint density at radius 1 is 1.42 bits per heavy atom. The van der Waals surface area contributed by atoms with Gasteiger partial charge in [-0.1, -0.05) is 5.16 Å². The van der Waals surface area contributed by atoms with Crippen molar-refractivity contribution < 1.29 is 22.8 Å². The fourth-order valence-corrected chi connectivity index (χ4v) is 2.45. The number of halogens is 2. The zero-order valence-corrected chi connectivity index (χ0v) is 12.9. The van der Waals surface area contributed by atoms with Crippen LogP contribution < -0.4 is 15.4 Å². The molecule has 8 heteroatoms. The van der Waals surface area contributed by atoms with Crippen LogP contribution in [0, 0.1) is 17.6 Å². The molecule has 1 aliphatic heterocycles. The highest BCUT2D eigenvalue weighted by Crippen LogP contribution is 2.19. The Kier molecular flexibility index (Phi) is 5.05. The Hall–Kier alpha value is -2.48. The van der Waals surface area contributed by atoms with Crippen molar-refractivity contribution in [1.29, 1.82) is 0 Å². The molecule has 3 rings (SSSR count). The van der Waals surface area contributed by atoms with Crippen LogP contribution in [0.5, 0.6) is 5.75 Å². The number of rotatable bonds is 6. The first-order valence-electron chi connectivity index (χ1n) is 7.64. The molecule has 1 aromatic carbocycles. The number of carbonyl (C=O) groups excluding carboxylic acids is 1. The van der Waals surface area contributed by atoms with Crippen molar-refractivity contribution in [2.75, 3.05) is 19.6 Å². The molecule has 1 amide bonds. The monoisotopic (exact) mass is 337 g/mol. The molecule has 0 aliphatic carbocycles. The second-order valence-corrected chi connectivity index (χ2v) is 5.61. The van der Waals surface area contributed by atoms with Crippen molar-refractivity contribution in [3.8, 4) is 5.75 Å². The molecule has 1 fully saturated rings. The van der Waals surface area contributed by atoms with Crippen molar-refractivity contribution in [3.63, 3.8) is 0 Å². The van der Waals surface area contributed by atoms with Crippen LogP contribution in [-0.4, -0.2) is 30.7 Å². The van der Waals surface area contributed by atoms with E-state index in [1.807, 2.05) is 0 Å². The number of aromatic nitrogens is 1. The third-order valence-corrected chi connectivity index (χ3v) is 3.77. The van der Waals surface area contributed by atoms with Crippen molar-refractivity contribution in [3.05, 3.63) is 47.4 Å². The van der Waals surface area contributed by atoms with Crippen LogP contribution in [0.1, 0.15) is 22.7 Å². The van der Waals surface area contributed by atoms with Crippen LogP contribution in [-0.2, 0) is 6.61 Å². The van der Waals surface area contributed by atoms with Crippen molar-refractivity contribution in [2.45, 2.75) is 13.0 Å². The number of benzene rings is 1. The summed E-state index contributed by atoms with van der Waals surface area (Å²) in [5, 5.41) is 9.70. The first kappa shape index (κ1) is 16.4. The highest BCUT2D eigenvalue weighted by Gasteiger charge is 2.18. The van der Waals surface area contributed by atoms with Gasteiger partial charge in [-0.05, 0) is 37.6 Å². The summed E-state index contributed by atoms with van der Waals surface area (Å²) in [5.41, 5.74) is 0.138. The molecule has 0 bridgehead atoms. The van der Waals surface area contributed by atoms with Crippen LogP contribution in [0.2, 0.25) is 0 Å². The summed E-state index contributed by atoms with van der Waals surface area (Å²) in [7, 11) is 0. The Balaban J connectivity index is 1.51. The van der Waals surface area contributed by atoms with E-state index in [-0.39, 0.29) is 29.7 Å². The number of ether oxygens (including phenoxy) is 1. The third-order valence-electron chi connectivity index (χ3n) is 3.77. The summed E-state index contributed by atoms with van der Waals surface area (Å²) in [6.07, 6.45) is 1.03. The molecular formula is C16H17F2N3O3. The number of amides is 1. The van der Waals surface area contributed by atoms with Crippen LogP contribution in [0.4, 0.5) is 8.78 Å². The molecule has 1 atom stereocenters. The van der Waals surface area contributed by atoms with E-state index < -0.39 is 11.6 Å². The van der Waals surface area contributed by atoms with Crippen LogP contribution in [0.15, 0.2) is 28.8 Å². The van der Waals surface area contributed by atoms with E-state index in [2.05, 4.69) is 15.8 Å². The molecule has 2 aromatic rings. The van der Waals surface area contributed by atoms with Gasteiger partial charge >= 0.3 is 0 Å². The fourth-order valence-electron chi connectivity index (χ4n) is 2.45. The third kappa shape index (κ3) is 4.08. The fraction of sp³-hybridized carbons (Fsp3) is 0.375. The minimum atomic E-state index is -0.808. The Bertz CT molecular complexity index is 714. The van der Waals surface area contributed by atoms with Gasteiger partial charge in [0, 0.05) is 18.7 Å². The molecule has 24 heavy (non-hydrogen) atoms. The minimum Gasteiger partial charge on any atom is -0.482 e. The maximum Gasteiger partial charge on any atom is 0.273 e. The molecule has 1 aromatic heterocycles. The van der Waals surface area contributed by atoms with Gasteiger partial charge in [-0.3, -0.25) is 4.79 Å². The first-order chi connectivity index (χ1) is 11.6. The van der Waals surface area contributed by atoms with Gasteiger partial charge in [0.1, 0.15) is 12.4 Å². The van der Waals surface area contributed by atoms with Crippen molar-refractivity contribution in [2.24, 2.45) is 5.92 Å². The minimum absolute atomic E-state index is 0.104. The average Bonchev–Trinajstić information content (AvgIpc) is 3.23. The molecule has 1 aliphatic rings. The Morgan fingerprint density at radius 2 is 2.29 bits per heavy atom. The standard InChI is InChI=1S/C16H17F2N3O3/c17-11-1-2-15(13(18)5-11)23-9-12-6-14(21-24-12)16(22)20-8-10-3-4-19-7-10/h1-2,5-6,10,19H,3-4,7-9H2,(H,20,22)/t10-/m0/s1. The summed E-state index contributed by atoms with van der Waals surface area (Å²) in [6, 6.07) is 4.44. The van der Waals surface area contributed by atoms with Gasteiger partial charge < -0.3 is 19.9 Å². The number of carbonyl (C=O) groups is 1. The van der Waals surface area contributed by atoms with Gasteiger partial charge in [-0.15, -0.1) is 0 Å². The van der Waals surface area contributed by atoms with Crippen LogP contribution >= 0.6 is 0 Å². The number of hydrogen-bond donors (Lipinski definition) is 2. The molecule has 0 radical (unpaired) electrons. The predicted molar refractivity (Wildman–Crippen MR) is 80.5 cm³/mol. The quantitative estimate of drug-likeness (QED) is 0.842. The number of nitrogens with one attached hydrogen (secondary N) is 2. The van der Waals surface area contributed by atoms with E-state index in [0.717, 1.165) is 31.6 Å². The molecule has 128 valence electrons. The Labute approximate surface area is 137 Å². The van der Waals surface area contributed by atoms with Gasteiger partial charge in [0.25, 0.3) is 5.91 Å². The van der Waals surface area contributed by atoms with E-state index in [1.165, 1.54) is 12.1 Å². The molecular weight excluding hydrogens is 320 g/mol. The summed E-state index contributed by atoms with van der Waals surface area (Å²) < 4.78 is 36.5. The van der Waals surface area contributed by atoms with E-state index in [0.29, 0.717) is 12.5 Å². The second-order valence-electron chi connectivity index (χ2n) is 5.61. The van der Waals surface area contributed by atoms with Crippen molar-refractivity contribution >= 4 is 5.91 Å². The molecule has 0 unspecified atom stereocenters. The summed E-state index contributed by atoms with van der Waals surface area (Å²) in [5.74, 6) is -1.23. The zero-order chi connectivity index (χ0) is 16.9. The zero-order valence-electron chi connectivity index (χ0n) is 12.9. The number of nitrogens with zero attached hydrogens (tertiary/aromatic N) is 1. The molecule has 1 saturated heterocycles. The molecule has 0 spiro atoms. The average molecular weight is 337 g/mol. The van der Waals surface area contributed by atoms with Gasteiger partial charge in [-0.25, -0.2) is 8.78 Å². The lowest BCUT2D eigenvalue weighted by atomic mass is 10.1. The molecule has 6 nitrogen and oxygen atoms in total. The maximum atomic E-state index is 13.5. The van der Waals surface area contributed by atoms with E-state index >= 15 is 0 Å². The molecule has 2 N–H and O–H groups in total. The lowest BCUT2D eigenvalue weighted by Crippen LogP contribution is -2.30. The lowest BCUT2D eigenvalue weighted by molar-refractivity contribution is 0.0938. The van der Waals surface area contributed by atoms with Crippen molar-refractivity contribution in [1.82, 2.24) is 15.8 Å². The van der Waals surface area contributed by atoms with E-state index in [4.69, 9.17) is 9.26 Å². The smallest absolute Gasteiger partial charge is 0.273 e. The highest BCUT2D eigenvalue weighted by molar-refractivity contribution is 5.92. The van der Waals surface area contributed by atoms with Gasteiger partial charge in [-0.2, -0.15) is 0 Å². The lowest BCUT2D eigenvalue weighted by Gasteiger charge is -2.08. The van der Waals surface area contributed by atoms with E-state index in [1.54, 1.807) is 0 Å². The van der Waals surface area contributed by atoms with E-state index in [9.17, 15) is 13.6 Å². The van der Waals surface area contributed by atoms with Gasteiger partial charge in [0.15, 0.2) is 23.0 Å². The maximum absolute atomic E-state index is 13.5. The predicted octanol–water partition coefficient (Wildman–Crippen LogP) is 1.87. The largest absolute Gasteiger partial charge is 0.482 e. The normalized spacial score (nSPS) is 17.0. The molecule has 0 saturated carbocycles. The van der Waals surface area contributed by atoms with Gasteiger partial charge in [0.2, 0.25) is 0 Å². The van der Waals surface area contributed by atoms with Gasteiger partial charge in [0.05, 0.1) is 0 Å². The second kappa shape index (κ2) is 7.39. The summed E-state index contributed by atoms with van der Waals surface area (Å²) >= 11 is 0. The Morgan fingerprint density at radius 3 is 3.04 bits per heavy atom. The first-order valence-corrected chi connectivity index (χ1v) is 7.64. The SMILES string of the molecule is O=C(NC[C@H]1CCNC1)c1cc(COc2ccc(F)cc2F)on1. The summed E-state index contributed by atoms with van der Waals surface area (Å²) in [6.45, 7) is 2.31. The van der Waals surface area contributed by atoms with Crippen LogP contribution in [0.25, 0.3) is 0 Å². The number of hydrogen-bond acceptors (Lipinski definition) is 5. The highest BCUT2D eigenvalue weighted by atomic mass is 19.1. The molecule has 2 heterocycles. The summed E-state index contributed by atoms with van der Waals surface area (Å²) in [4.78, 5) is 12.0.